The van der Waals surface area contributed by atoms with Crippen molar-refractivity contribution in [3.63, 3.8) is 0 Å². The molecule has 0 spiro atoms. The van der Waals surface area contributed by atoms with Gasteiger partial charge in [-0.1, -0.05) is 0 Å². The predicted octanol–water partition coefficient (Wildman–Crippen LogP) is -2.63. The number of rotatable bonds is 2. The van der Waals surface area contributed by atoms with Crippen LogP contribution in [-0.2, 0) is 9.47 Å². The molecule has 6 N–H and O–H groups in total. The molecule has 0 amide bonds. The van der Waals surface area contributed by atoms with E-state index in [-0.39, 0.29) is 6.54 Å². The van der Waals surface area contributed by atoms with Gasteiger partial charge in [-0.05, 0) is 0 Å². The van der Waals surface area contributed by atoms with Crippen LogP contribution in [0.1, 0.15) is 0 Å². The molecule has 1 heterocycles. The molecule has 0 bridgehead atoms. The smallest absolute Gasteiger partial charge is 0.185 e. The molecule has 1 aliphatic rings. The molecule has 1 saturated heterocycles. The van der Waals surface area contributed by atoms with E-state index in [1.54, 1.807) is 0 Å². The van der Waals surface area contributed by atoms with Gasteiger partial charge in [0.25, 0.3) is 0 Å². The maximum absolute atomic E-state index is 9.48. The number of nitrogens with two attached hydrogens (primary N) is 2. The molecule has 5 atom stereocenters. The third kappa shape index (κ3) is 1.98. The molecule has 1 rings (SSSR count). The minimum atomic E-state index is -1.03. The van der Waals surface area contributed by atoms with Crippen LogP contribution in [0.4, 0.5) is 0 Å². The molecule has 0 saturated carbocycles. The largest absolute Gasteiger partial charge is 0.389 e. The molecule has 4 unspecified atom stereocenters. The van der Waals surface area contributed by atoms with Gasteiger partial charge in [0.15, 0.2) is 6.29 Å². The summed E-state index contributed by atoms with van der Waals surface area (Å²) < 4.78 is 9.99. The summed E-state index contributed by atoms with van der Waals surface area (Å²) in [5.41, 5.74) is 10.9. The maximum Gasteiger partial charge on any atom is 0.185 e. The third-order valence-electron chi connectivity index (χ3n) is 2.22. The number of aliphatic hydroxyl groups excluding tert-OH is 2. The van der Waals surface area contributed by atoms with Crippen LogP contribution in [0.3, 0.4) is 0 Å². The molecule has 78 valence electrons. The Morgan fingerprint density at radius 3 is 2.46 bits per heavy atom. The number of aliphatic hydroxyl groups is 2. The Kier molecular flexibility index (Phi) is 3.60. The lowest BCUT2D eigenvalue weighted by Crippen LogP contribution is -2.63. The zero-order valence-corrected chi connectivity index (χ0v) is 7.46. The van der Waals surface area contributed by atoms with Crippen LogP contribution in [-0.4, -0.2) is 54.5 Å². The summed E-state index contributed by atoms with van der Waals surface area (Å²) in [6.07, 6.45) is -3.37. The van der Waals surface area contributed by atoms with E-state index >= 15 is 0 Å². The second-order valence-electron chi connectivity index (χ2n) is 3.07. The molecular weight excluding hydrogens is 176 g/mol. The maximum atomic E-state index is 9.48. The monoisotopic (exact) mass is 192 g/mol. The van der Waals surface area contributed by atoms with Crippen molar-refractivity contribution in [3.8, 4) is 0 Å². The second-order valence-corrected chi connectivity index (χ2v) is 3.07. The van der Waals surface area contributed by atoms with Crippen molar-refractivity contribution in [2.75, 3.05) is 13.7 Å². The number of ether oxygens (including phenoxy) is 2. The summed E-state index contributed by atoms with van der Waals surface area (Å²) in [4.78, 5) is 0. The van der Waals surface area contributed by atoms with Gasteiger partial charge in [0.05, 0.1) is 12.1 Å². The molecule has 13 heavy (non-hydrogen) atoms. The first kappa shape index (κ1) is 10.8. The molecule has 6 heteroatoms. The van der Waals surface area contributed by atoms with Crippen LogP contribution in [0.2, 0.25) is 0 Å². The summed E-state index contributed by atoms with van der Waals surface area (Å²) in [6, 6.07) is -0.785. The first-order chi connectivity index (χ1) is 6.11. The minimum Gasteiger partial charge on any atom is -0.389 e. The topological polar surface area (TPSA) is 111 Å². The van der Waals surface area contributed by atoms with E-state index < -0.39 is 30.6 Å². The first-order valence-electron chi connectivity index (χ1n) is 4.11. The first-order valence-corrected chi connectivity index (χ1v) is 4.11. The molecule has 6 nitrogen and oxygen atoms in total. The van der Waals surface area contributed by atoms with Gasteiger partial charge >= 0.3 is 0 Å². The summed E-state index contributed by atoms with van der Waals surface area (Å²) in [7, 11) is 1.39. The summed E-state index contributed by atoms with van der Waals surface area (Å²) in [5, 5.41) is 18.9. The average molecular weight is 192 g/mol. The van der Waals surface area contributed by atoms with E-state index in [4.69, 9.17) is 20.9 Å². The molecule has 0 aliphatic carbocycles. The van der Waals surface area contributed by atoms with Crippen molar-refractivity contribution < 1.29 is 19.7 Å². The summed E-state index contributed by atoms with van der Waals surface area (Å²) in [6.45, 7) is 0.140. The quantitative estimate of drug-likeness (QED) is 0.381. The Balaban J connectivity index is 2.66. The Bertz CT molecular complexity index is 149. The van der Waals surface area contributed by atoms with Crippen LogP contribution in [0.15, 0.2) is 0 Å². The lowest BCUT2D eigenvalue weighted by molar-refractivity contribution is -0.259. The molecule has 0 aromatic heterocycles. The SMILES string of the molecule is COC1OC(CN)C(O)[C@@H](N)C1O. The fourth-order valence-electron chi connectivity index (χ4n) is 1.35. The second kappa shape index (κ2) is 4.32. The van der Waals surface area contributed by atoms with Gasteiger partial charge in [-0.25, -0.2) is 0 Å². The number of hydrogen-bond acceptors (Lipinski definition) is 6. The molecule has 0 radical (unpaired) electrons. The average Bonchev–Trinajstić information content (AvgIpc) is 2.15. The van der Waals surface area contributed by atoms with Gasteiger partial charge < -0.3 is 31.2 Å². The lowest BCUT2D eigenvalue weighted by atomic mass is 9.97. The highest BCUT2D eigenvalue weighted by Gasteiger charge is 2.41. The van der Waals surface area contributed by atoms with Crippen molar-refractivity contribution in [2.24, 2.45) is 11.5 Å². The highest BCUT2D eigenvalue weighted by Crippen LogP contribution is 2.19. The van der Waals surface area contributed by atoms with Crippen LogP contribution < -0.4 is 11.5 Å². The van der Waals surface area contributed by atoms with E-state index in [1.807, 2.05) is 0 Å². The number of methoxy groups -OCH3 is 1. The summed E-state index contributed by atoms with van der Waals surface area (Å²) in [5.74, 6) is 0. The van der Waals surface area contributed by atoms with Gasteiger partial charge in [-0.15, -0.1) is 0 Å². The number of hydrogen-bond donors (Lipinski definition) is 4. The Morgan fingerprint density at radius 2 is 2.00 bits per heavy atom. The van der Waals surface area contributed by atoms with Gasteiger partial charge in [0, 0.05) is 13.7 Å². The van der Waals surface area contributed by atoms with Gasteiger partial charge in [0.1, 0.15) is 12.2 Å². The zero-order valence-electron chi connectivity index (χ0n) is 7.46. The normalized spacial score (nSPS) is 46.4. The van der Waals surface area contributed by atoms with Gasteiger partial charge in [-0.3, -0.25) is 0 Å². The van der Waals surface area contributed by atoms with Crippen LogP contribution in [0.25, 0.3) is 0 Å². The molecule has 0 aromatic rings. The van der Waals surface area contributed by atoms with E-state index in [0.29, 0.717) is 0 Å². The van der Waals surface area contributed by atoms with Crippen molar-refractivity contribution in [1.29, 1.82) is 0 Å². The predicted molar refractivity (Wildman–Crippen MR) is 44.7 cm³/mol. The standard InChI is InChI=1S/C7H16N2O4/c1-12-7-6(11)4(9)5(10)3(2-8)13-7/h3-7,10-11H,2,8-9H2,1H3/t3?,4-,5?,6?,7?/m1/s1. The van der Waals surface area contributed by atoms with Crippen molar-refractivity contribution in [2.45, 2.75) is 30.6 Å². The molecule has 1 fully saturated rings. The van der Waals surface area contributed by atoms with E-state index in [2.05, 4.69) is 0 Å². The van der Waals surface area contributed by atoms with Crippen molar-refractivity contribution in [3.05, 3.63) is 0 Å². The zero-order chi connectivity index (χ0) is 10.0. The highest BCUT2D eigenvalue weighted by atomic mass is 16.7. The van der Waals surface area contributed by atoms with Crippen LogP contribution in [0, 0.1) is 0 Å². The van der Waals surface area contributed by atoms with Crippen molar-refractivity contribution in [1.82, 2.24) is 0 Å². The Labute approximate surface area is 76.4 Å². The van der Waals surface area contributed by atoms with Gasteiger partial charge in [0.2, 0.25) is 0 Å². The summed E-state index contributed by atoms with van der Waals surface area (Å²) >= 11 is 0. The van der Waals surface area contributed by atoms with E-state index in [0.717, 1.165) is 0 Å². The molecular formula is C7H16N2O4. The van der Waals surface area contributed by atoms with E-state index in [1.165, 1.54) is 7.11 Å². The molecule has 0 aromatic carbocycles. The third-order valence-corrected chi connectivity index (χ3v) is 2.22. The Hall–Kier alpha value is -0.240. The van der Waals surface area contributed by atoms with Crippen molar-refractivity contribution >= 4 is 0 Å². The minimum absolute atomic E-state index is 0.140. The fraction of sp³-hybridized carbons (Fsp3) is 1.00. The van der Waals surface area contributed by atoms with Crippen LogP contribution >= 0.6 is 0 Å². The Morgan fingerprint density at radius 1 is 1.38 bits per heavy atom. The molecule has 1 aliphatic heterocycles. The van der Waals surface area contributed by atoms with E-state index in [9.17, 15) is 10.2 Å². The van der Waals surface area contributed by atoms with Gasteiger partial charge in [-0.2, -0.15) is 0 Å². The van der Waals surface area contributed by atoms with Crippen LogP contribution in [0.5, 0.6) is 0 Å². The lowest BCUT2D eigenvalue weighted by Gasteiger charge is -2.40. The fourth-order valence-corrected chi connectivity index (χ4v) is 1.35. The highest BCUT2D eigenvalue weighted by molar-refractivity contribution is 4.92.